The molecule has 0 amide bonds. The number of likely N-dealkylation sites (tertiary alicyclic amines) is 1. The highest BCUT2D eigenvalue weighted by atomic mass is 19.4. The van der Waals surface area contributed by atoms with Gasteiger partial charge in [-0.3, -0.25) is 4.99 Å². The van der Waals surface area contributed by atoms with Crippen LogP contribution in [0.5, 0.6) is 5.88 Å². The molecule has 1 fully saturated rings. The van der Waals surface area contributed by atoms with Crippen molar-refractivity contribution in [3.63, 3.8) is 0 Å². The van der Waals surface area contributed by atoms with Crippen molar-refractivity contribution in [1.82, 2.24) is 20.5 Å². The lowest BCUT2D eigenvalue weighted by atomic mass is 10.1. The Kier molecular flexibility index (Phi) is 7.96. The van der Waals surface area contributed by atoms with Gasteiger partial charge in [0.2, 0.25) is 5.88 Å². The number of rotatable bonds is 7. The SMILES string of the molecule is CN=C(NCCN1CCCCC1)NCc1ccc(OCC(F)(F)F)nc1. The summed E-state index contributed by atoms with van der Waals surface area (Å²) in [4.78, 5) is 10.5. The van der Waals surface area contributed by atoms with E-state index in [1.54, 1.807) is 13.1 Å². The van der Waals surface area contributed by atoms with Crippen molar-refractivity contribution in [3.05, 3.63) is 23.9 Å². The zero-order valence-electron chi connectivity index (χ0n) is 15.0. The highest BCUT2D eigenvalue weighted by Gasteiger charge is 2.28. The van der Waals surface area contributed by atoms with Crippen molar-refractivity contribution >= 4 is 5.96 Å². The number of nitrogens with one attached hydrogen (secondary N) is 2. The summed E-state index contributed by atoms with van der Waals surface area (Å²) in [5, 5.41) is 6.42. The smallest absolute Gasteiger partial charge is 0.422 e. The van der Waals surface area contributed by atoms with Gasteiger partial charge in [0.1, 0.15) is 0 Å². The number of hydrogen-bond acceptors (Lipinski definition) is 4. The first-order valence-corrected chi connectivity index (χ1v) is 8.77. The van der Waals surface area contributed by atoms with Gasteiger partial charge < -0.3 is 20.3 Å². The van der Waals surface area contributed by atoms with Crippen LogP contribution in [0.1, 0.15) is 24.8 Å². The minimum atomic E-state index is -4.37. The van der Waals surface area contributed by atoms with Gasteiger partial charge >= 0.3 is 6.18 Å². The molecule has 2 N–H and O–H groups in total. The second-order valence-electron chi connectivity index (χ2n) is 6.16. The molecule has 9 heteroatoms. The number of hydrogen-bond donors (Lipinski definition) is 2. The summed E-state index contributed by atoms with van der Waals surface area (Å²) in [6.07, 6.45) is 0.973. The lowest BCUT2D eigenvalue weighted by Crippen LogP contribution is -2.42. The fourth-order valence-corrected chi connectivity index (χ4v) is 2.68. The van der Waals surface area contributed by atoms with Crippen molar-refractivity contribution in [2.24, 2.45) is 4.99 Å². The Bertz CT molecular complexity index is 557. The van der Waals surface area contributed by atoms with E-state index in [1.165, 1.54) is 31.5 Å². The molecule has 6 nitrogen and oxygen atoms in total. The van der Waals surface area contributed by atoms with Crippen LogP contribution < -0.4 is 15.4 Å². The number of guanidine groups is 1. The predicted molar refractivity (Wildman–Crippen MR) is 94.3 cm³/mol. The third-order valence-corrected chi connectivity index (χ3v) is 4.03. The molecule has 1 saturated heterocycles. The Morgan fingerprint density at radius 1 is 1.23 bits per heavy atom. The minimum absolute atomic E-state index is 0.0462. The molecule has 1 aromatic rings. The van der Waals surface area contributed by atoms with E-state index in [-0.39, 0.29) is 5.88 Å². The third kappa shape index (κ3) is 7.90. The monoisotopic (exact) mass is 373 g/mol. The maximum atomic E-state index is 12.1. The van der Waals surface area contributed by atoms with E-state index in [1.807, 2.05) is 0 Å². The standard InChI is InChI=1S/C17H26F3N5O/c1-21-16(22-7-10-25-8-3-2-4-9-25)24-12-14-5-6-15(23-11-14)26-13-17(18,19)20/h5-6,11H,2-4,7-10,12-13H2,1H3,(H2,21,22,24). The molecule has 2 heterocycles. The molecule has 0 aliphatic carbocycles. The van der Waals surface area contributed by atoms with Crippen molar-refractivity contribution in [2.75, 3.05) is 39.8 Å². The number of piperidine rings is 1. The highest BCUT2D eigenvalue weighted by molar-refractivity contribution is 5.79. The number of aliphatic imine (C=N–C) groups is 1. The van der Waals surface area contributed by atoms with Crippen LogP contribution in [0.25, 0.3) is 0 Å². The van der Waals surface area contributed by atoms with Crippen LogP contribution in [-0.2, 0) is 6.54 Å². The quantitative estimate of drug-likeness (QED) is 0.567. The zero-order valence-corrected chi connectivity index (χ0v) is 15.0. The lowest BCUT2D eigenvalue weighted by Gasteiger charge is -2.26. The van der Waals surface area contributed by atoms with E-state index in [0.717, 1.165) is 31.7 Å². The molecule has 0 unspecified atom stereocenters. The van der Waals surface area contributed by atoms with Crippen LogP contribution in [0.15, 0.2) is 23.3 Å². The summed E-state index contributed by atoms with van der Waals surface area (Å²) in [5.41, 5.74) is 0.823. The summed E-state index contributed by atoms with van der Waals surface area (Å²) in [5.74, 6) is 0.634. The summed E-state index contributed by atoms with van der Waals surface area (Å²) in [7, 11) is 1.70. The van der Waals surface area contributed by atoms with E-state index in [9.17, 15) is 13.2 Å². The van der Waals surface area contributed by atoms with Crippen LogP contribution in [0.3, 0.4) is 0 Å². The third-order valence-electron chi connectivity index (χ3n) is 4.03. The van der Waals surface area contributed by atoms with Crippen LogP contribution in [0.4, 0.5) is 13.2 Å². The number of nitrogens with zero attached hydrogens (tertiary/aromatic N) is 3. The second-order valence-corrected chi connectivity index (χ2v) is 6.16. The number of ether oxygens (including phenoxy) is 1. The highest BCUT2D eigenvalue weighted by Crippen LogP contribution is 2.17. The average molecular weight is 373 g/mol. The fourth-order valence-electron chi connectivity index (χ4n) is 2.68. The van der Waals surface area contributed by atoms with Gasteiger partial charge in [-0.05, 0) is 31.5 Å². The number of aromatic nitrogens is 1. The number of alkyl halides is 3. The first-order valence-electron chi connectivity index (χ1n) is 8.77. The van der Waals surface area contributed by atoms with E-state index in [2.05, 4.69) is 30.2 Å². The van der Waals surface area contributed by atoms with Gasteiger partial charge in [0.05, 0.1) is 0 Å². The second kappa shape index (κ2) is 10.2. The lowest BCUT2D eigenvalue weighted by molar-refractivity contribution is -0.154. The van der Waals surface area contributed by atoms with Crippen molar-refractivity contribution in [1.29, 1.82) is 0 Å². The first kappa shape index (κ1) is 20.3. The van der Waals surface area contributed by atoms with E-state index < -0.39 is 12.8 Å². The molecule has 0 saturated carbocycles. The van der Waals surface area contributed by atoms with E-state index >= 15 is 0 Å². The van der Waals surface area contributed by atoms with Gasteiger partial charge in [-0.15, -0.1) is 0 Å². The fraction of sp³-hybridized carbons (Fsp3) is 0.647. The zero-order chi connectivity index (χ0) is 18.8. The van der Waals surface area contributed by atoms with E-state index in [4.69, 9.17) is 0 Å². The molecule has 0 aromatic carbocycles. The largest absolute Gasteiger partial charge is 0.468 e. The summed E-state index contributed by atoms with van der Waals surface area (Å²) in [6, 6.07) is 3.10. The molecule has 0 bridgehead atoms. The minimum Gasteiger partial charge on any atom is -0.468 e. The molecule has 26 heavy (non-hydrogen) atoms. The molecule has 2 rings (SSSR count). The van der Waals surface area contributed by atoms with Crippen LogP contribution in [-0.4, -0.2) is 61.9 Å². The van der Waals surface area contributed by atoms with Gasteiger partial charge in [0.25, 0.3) is 0 Å². The Labute approximate surface area is 151 Å². The van der Waals surface area contributed by atoms with Gasteiger partial charge in [-0.25, -0.2) is 4.98 Å². The maximum absolute atomic E-state index is 12.1. The molecule has 0 radical (unpaired) electrons. The number of pyridine rings is 1. The average Bonchev–Trinajstić information content (AvgIpc) is 2.64. The Balaban J connectivity index is 1.68. The molecule has 0 atom stereocenters. The Morgan fingerprint density at radius 2 is 2.00 bits per heavy atom. The summed E-state index contributed by atoms with van der Waals surface area (Å²) < 4.78 is 40.9. The van der Waals surface area contributed by atoms with Crippen molar-refractivity contribution in [3.8, 4) is 5.88 Å². The first-order chi connectivity index (χ1) is 12.5. The molecule has 146 valence electrons. The molecular weight excluding hydrogens is 347 g/mol. The number of halogens is 3. The van der Waals surface area contributed by atoms with Crippen molar-refractivity contribution < 1.29 is 17.9 Å². The van der Waals surface area contributed by atoms with Crippen LogP contribution in [0, 0.1) is 0 Å². The van der Waals surface area contributed by atoms with Gasteiger partial charge in [0.15, 0.2) is 12.6 Å². The molecule has 0 spiro atoms. The normalized spacial score (nSPS) is 16.4. The molecule has 1 aromatic heterocycles. The van der Waals surface area contributed by atoms with Crippen LogP contribution in [0.2, 0.25) is 0 Å². The topological polar surface area (TPSA) is 61.8 Å². The van der Waals surface area contributed by atoms with Crippen molar-refractivity contribution in [2.45, 2.75) is 32.0 Å². The molecule has 1 aliphatic rings. The van der Waals surface area contributed by atoms with Gasteiger partial charge in [-0.2, -0.15) is 13.2 Å². The Morgan fingerprint density at radius 3 is 2.62 bits per heavy atom. The van der Waals surface area contributed by atoms with Crippen LogP contribution >= 0.6 is 0 Å². The maximum Gasteiger partial charge on any atom is 0.422 e. The van der Waals surface area contributed by atoms with Gasteiger partial charge in [-0.1, -0.05) is 12.5 Å². The molecule has 1 aliphatic heterocycles. The summed E-state index contributed by atoms with van der Waals surface area (Å²) in [6.45, 7) is 3.22. The predicted octanol–water partition coefficient (Wildman–Crippen LogP) is 2.17. The summed E-state index contributed by atoms with van der Waals surface area (Å²) >= 11 is 0. The Hall–Kier alpha value is -2.03. The van der Waals surface area contributed by atoms with E-state index in [0.29, 0.717) is 12.5 Å². The molecular formula is C17H26F3N5O. The van der Waals surface area contributed by atoms with Gasteiger partial charge in [0, 0.05) is 38.9 Å².